The summed E-state index contributed by atoms with van der Waals surface area (Å²) in [6, 6.07) is 20.9. The molecule has 0 unspecified atom stereocenters. The van der Waals surface area contributed by atoms with Gasteiger partial charge in [0.2, 0.25) is 0 Å². The highest BCUT2D eigenvalue weighted by atomic mass is 35.5. The van der Waals surface area contributed by atoms with Crippen LogP contribution in [0.15, 0.2) is 66.7 Å². The molecule has 0 spiro atoms. The van der Waals surface area contributed by atoms with Gasteiger partial charge in [-0.1, -0.05) is 35.9 Å². The SMILES string of the molecule is N#Cc1ccc(-c2ccc(NC(=O)c3cc(Cl)ccc3O)cc2)cc1. The number of carbonyl (C=O) groups excluding carboxylic acids is 1. The highest BCUT2D eigenvalue weighted by Gasteiger charge is 2.12. The normalized spacial score (nSPS) is 10.1. The Morgan fingerprint density at radius 3 is 2.16 bits per heavy atom. The van der Waals surface area contributed by atoms with E-state index < -0.39 is 5.91 Å². The van der Waals surface area contributed by atoms with Crippen LogP contribution >= 0.6 is 11.6 Å². The molecule has 0 atom stereocenters. The number of nitriles is 1. The Morgan fingerprint density at radius 2 is 1.56 bits per heavy atom. The minimum atomic E-state index is -0.439. The topological polar surface area (TPSA) is 73.1 Å². The molecule has 1 amide bonds. The lowest BCUT2D eigenvalue weighted by atomic mass is 10.0. The lowest BCUT2D eigenvalue weighted by molar-refractivity contribution is 0.102. The minimum Gasteiger partial charge on any atom is -0.507 e. The summed E-state index contributed by atoms with van der Waals surface area (Å²) in [5.41, 5.74) is 3.26. The van der Waals surface area contributed by atoms with Crippen molar-refractivity contribution >= 4 is 23.2 Å². The number of hydrogen-bond acceptors (Lipinski definition) is 3. The molecule has 0 aliphatic rings. The first-order chi connectivity index (χ1) is 12.1. The molecule has 0 fully saturated rings. The third kappa shape index (κ3) is 3.79. The summed E-state index contributed by atoms with van der Waals surface area (Å²) < 4.78 is 0. The van der Waals surface area contributed by atoms with Crippen molar-refractivity contribution in [2.45, 2.75) is 0 Å². The van der Waals surface area contributed by atoms with E-state index in [0.717, 1.165) is 11.1 Å². The van der Waals surface area contributed by atoms with Gasteiger partial charge < -0.3 is 10.4 Å². The first kappa shape index (κ1) is 16.6. The predicted octanol–water partition coefficient (Wildman–Crippen LogP) is 4.84. The van der Waals surface area contributed by atoms with Gasteiger partial charge in [0, 0.05) is 10.7 Å². The molecule has 3 aromatic rings. The van der Waals surface area contributed by atoms with Gasteiger partial charge in [-0.3, -0.25) is 4.79 Å². The molecule has 0 aliphatic heterocycles. The number of hydrogen-bond donors (Lipinski definition) is 2. The molecule has 5 heteroatoms. The number of nitrogens with one attached hydrogen (secondary N) is 1. The van der Waals surface area contributed by atoms with E-state index in [4.69, 9.17) is 16.9 Å². The van der Waals surface area contributed by atoms with Crippen LogP contribution < -0.4 is 5.32 Å². The van der Waals surface area contributed by atoms with Gasteiger partial charge in [0.05, 0.1) is 17.2 Å². The molecule has 0 aromatic heterocycles. The quantitative estimate of drug-likeness (QED) is 0.711. The van der Waals surface area contributed by atoms with Crippen molar-refractivity contribution in [2.24, 2.45) is 0 Å². The van der Waals surface area contributed by atoms with Crippen molar-refractivity contribution < 1.29 is 9.90 Å². The largest absolute Gasteiger partial charge is 0.507 e. The van der Waals surface area contributed by atoms with Crippen LogP contribution in [0, 0.1) is 11.3 Å². The number of halogens is 1. The number of benzene rings is 3. The lowest BCUT2D eigenvalue weighted by Gasteiger charge is -2.08. The Kier molecular flexibility index (Phi) is 4.69. The maximum Gasteiger partial charge on any atom is 0.259 e. The standard InChI is InChI=1S/C20H13ClN2O2/c21-16-7-10-19(24)18(11-16)20(25)23-17-8-5-15(6-9-17)14-3-1-13(12-22)2-4-14/h1-11,24H,(H,23,25). The molecule has 3 aromatic carbocycles. The van der Waals surface area contributed by atoms with E-state index in [0.29, 0.717) is 16.3 Å². The molecule has 0 bridgehead atoms. The Balaban J connectivity index is 1.77. The molecule has 4 nitrogen and oxygen atoms in total. The summed E-state index contributed by atoms with van der Waals surface area (Å²) in [5.74, 6) is -0.567. The first-order valence-corrected chi connectivity index (χ1v) is 7.85. The van der Waals surface area contributed by atoms with E-state index in [9.17, 15) is 9.90 Å². The lowest BCUT2D eigenvalue weighted by Crippen LogP contribution is -2.12. The summed E-state index contributed by atoms with van der Waals surface area (Å²) in [5, 5.41) is 21.7. The second-order valence-corrected chi connectivity index (χ2v) is 5.82. The number of carbonyl (C=O) groups is 1. The van der Waals surface area contributed by atoms with Crippen LogP contribution in [0.1, 0.15) is 15.9 Å². The van der Waals surface area contributed by atoms with Crippen LogP contribution in [0.3, 0.4) is 0 Å². The van der Waals surface area contributed by atoms with E-state index in [1.807, 2.05) is 24.3 Å². The molecule has 3 rings (SSSR count). The fourth-order valence-electron chi connectivity index (χ4n) is 2.37. The van der Waals surface area contributed by atoms with E-state index in [1.165, 1.54) is 18.2 Å². The zero-order chi connectivity index (χ0) is 17.8. The Morgan fingerprint density at radius 1 is 0.960 bits per heavy atom. The van der Waals surface area contributed by atoms with Gasteiger partial charge in [0.15, 0.2) is 0 Å². The van der Waals surface area contributed by atoms with Gasteiger partial charge in [-0.2, -0.15) is 5.26 Å². The number of aromatic hydroxyl groups is 1. The third-order valence-electron chi connectivity index (χ3n) is 3.69. The molecule has 0 heterocycles. The minimum absolute atomic E-state index is 0.115. The van der Waals surface area contributed by atoms with E-state index in [-0.39, 0.29) is 11.3 Å². The van der Waals surface area contributed by atoms with Gasteiger partial charge in [-0.05, 0) is 53.6 Å². The van der Waals surface area contributed by atoms with Gasteiger partial charge in [-0.15, -0.1) is 0 Å². The van der Waals surface area contributed by atoms with Crippen molar-refractivity contribution in [2.75, 3.05) is 5.32 Å². The van der Waals surface area contributed by atoms with Gasteiger partial charge in [-0.25, -0.2) is 0 Å². The summed E-state index contributed by atoms with van der Waals surface area (Å²) in [6.45, 7) is 0. The van der Waals surface area contributed by atoms with Crippen molar-refractivity contribution in [1.82, 2.24) is 0 Å². The van der Waals surface area contributed by atoms with Crippen LogP contribution in [-0.4, -0.2) is 11.0 Å². The fourth-order valence-corrected chi connectivity index (χ4v) is 2.54. The van der Waals surface area contributed by atoms with Crippen LogP contribution in [0.4, 0.5) is 5.69 Å². The summed E-state index contributed by atoms with van der Waals surface area (Å²) in [6.07, 6.45) is 0. The van der Waals surface area contributed by atoms with E-state index in [1.54, 1.807) is 24.3 Å². The summed E-state index contributed by atoms with van der Waals surface area (Å²) in [4.78, 5) is 12.3. The van der Waals surface area contributed by atoms with Crippen LogP contribution in [0.5, 0.6) is 5.75 Å². The molecule has 0 aliphatic carbocycles. The second-order valence-electron chi connectivity index (χ2n) is 5.38. The van der Waals surface area contributed by atoms with Crippen molar-refractivity contribution in [3.63, 3.8) is 0 Å². The highest BCUT2D eigenvalue weighted by Crippen LogP contribution is 2.24. The molecule has 0 saturated heterocycles. The zero-order valence-electron chi connectivity index (χ0n) is 13.0. The number of phenolic OH excluding ortho intramolecular Hbond substituents is 1. The highest BCUT2D eigenvalue weighted by molar-refractivity contribution is 6.31. The molecular formula is C20H13ClN2O2. The number of phenols is 1. The van der Waals surface area contributed by atoms with Crippen molar-refractivity contribution in [3.05, 3.63) is 82.9 Å². The number of amides is 1. The maximum absolute atomic E-state index is 12.3. The van der Waals surface area contributed by atoms with Gasteiger partial charge >= 0.3 is 0 Å². The second kappa shape index (κ2) is 7.08. The third-order valence-corrected chi connectivity index (χ3v) is 3.93. The smallest absolute Gasteiger partial charge is 0.259 e. The van der Waals surface area contributed by atoms with Crippen molar-refractivity contribution in [3.8, 4) is 22.9 Å². The zero-order valence-corrected chi connectivity index (χ0v) is 13.8. The average Bonchev–Trinajstić information content (AvgIpc) is 2.64. The number of nitrogens with zero attached hydrogens (tertiary/aromatic N) is 1. The molecule has 122 valence electrons. The number of rotatable bonds is 3. The Labute approximate surface area is 149 Å². The van der Waals surface area contributed by atoms with Gasteiger partial charge in [0.25, 0.3) is 5.91 Å². The fraction of sp³-hybridized carbons (Fsp3) is 0. The molecular weight excluding hydrogens is 336 g/mol. The maximum atomic E-state index is 12.3. The van der Waals surface area contributed by atoms with E-state index >= 15 is 0 Å². The number of anilines is 1. The molecule has 0 radical (unpaired) electrons. The van der Waals surface area contributed by atoms with Crippen molar-refractivity contribution in [1.29, 1.82) is 5.26 Å². The monoisotopic (exact) mass is 348 g/mol. The Hall–Kier alpha value is -3.29. The van der Waals surface area contributed by atoms with Crippen LogP contribution in [0.2, 0.25) is 5.02 Å². The summed E-state index contributed by atoms with van der Waals surface area (Å²) in [7, 11) is 0. The average molecular weight is 349 g/mol. The first-order valence-electron chi connectivity index (χ1n) is 7.47. The molecule has 2 N–H and O–H groups in total. The van der Waals surface area contributed by atoms with Crippen LogP contribution in [0.25, 0.3) is 11.1 Å². The van der Waals surface area contributed by atoms with Gasteiger partial charge in [0.1, 0.15) is 5.75 Å². The molecule has 0 saturated carbocycles. The summed E-state index contributed by atoms with van der Waals surface area (Å²) >= 11 is 5.86. The Bertz CT molecular complexity index is 958. The van der Waals surface area contributed by atoms with E-state index in [2.05, 4.69) is 11.4 Å². The van der Waals surface area contributed by atoms with Crippen LogP contribution in [-0.2, 0) is 0 Å². The predicted molar refractivity (Wildman–Crippen MR) is 97.7 cm³/mol. The molecule has 25 heavy (non-hydrogen) atoms.